The van der Waals surface area contributed by atoms with Gasteiger partial charge in [0.2, 0.25) is 5.91 Å². The predicted octanol–water partition coefficient (Wildman–Crippen LogP) is 2.41. The van der Waals surface area contributed by atoms with E-state index in [-0.39, 0.29) is 5.91 Å². The first-order valence-corrected chi connectivity index (χ1v) is 10.4. The molecule has 1 saturated heterocycles. The van der Waals surface area contributed by atoms with Gasteiger partial charge in [0, 0.05) is 38.2 Å². The molecule has 2 aliphatic heterocycles. The molecule has 7 heteroatoms. The Labute approximate surface area is 155 Å². The van der Waals surface area contributed by atoms with Crippen molar-refractivity contribution in [1.29, 1.82) is 0 Å². The molecule has 0 aliphatic carbocycles. The summed E-state index contributed by atoms with van der Waals surface area (Å²) in [4.78, 5) is 16.1. The monoisotopic (exact) mass is 375 g/mol. The molecular formula is C19H25N3O3S. The maximum atomic E-state index is 12.7. The summed E-state index contributed by atoms with van der Waals surface area (Å²) in [6.45, 7) is 8.24. The third-order valence-corrected chi connectivity index (χ3v) is 6.38. The number of carbonyl (C=O) groups excluding carboxylic acids is 1. The molecule has 0 unspecified atom stereocenters. The first kappa shape index (κ1) is 18.6. The van der Waals surface area contributed by atoms with Crippen LogP contribution in [-0.2, 0) is 14.8 Å². The van der Waals surface area contributed by atoms with Crippen molar-refractivity contribution in [3.8, 4) is 0 Å². The number of sulfonamides is 1. The second-order valence-electron chi connectivity index (χ2n) is 6.79. The topological polar surface area (TPSA) is 70.1 Å². The molecule has 1 aromatic carbocycles. The molecule has 0 saturated carbocycles. The molecule has 3 rings (SSSR count). The van der Waals surface area contributed by atoms with E-state index < -0.39 is 10.0 Å². The van der Waals surface area contributed by atoms with Crippen molar-refractivity contribution in [3.05, 3.63) is 41.0 Å². The van der Waals surface area contributed by atoms with E-state index in [0.717, 1.165) is 12.0 Å². The summed E-state index contributed by atoms with van der Waals surface area (Å²) < 4.78 is 29.4. The number of nitrogens with zero attached hydrogens (tertiary/aromatic N) is 3. The molecule has 1 amide bonds. The Hall–Kier alpha value is -2.15. The highest BCUT2D eigenvalue weighted by Gasteiger charge is 2.34. The zero-order chi connectivity index (χ0) is 18.9. The van der Waals surface area contributed by atoms with Gasteiger partial charge >= 0.3 is 0 Å². The summed E-state index contributed by atoms with van der Waals surface area (Å²) >= 11 is 0. The molecule has 0 aromatic heterocycles. The normalized spacial score (nSPS) is 20.2. The van der Waals surface area contributed by atoms with E-state index in [2.05, 4.69) is 4.40 Å². The molecule has 2 heterocycles. The molecule has 2 aliphatic rings. The standard InChI is InChI=1S/C19H25N3O3S/c1-4-17(23)21-10-5-11-22(13-12-21)19-15(3)18(26(24,25)20-19)16-8-6-14(2)7-9-16/h6-9H,4-5,10-13H2,1-3H3. The van der Waals surface area contributed by atoms with E-state index in [9.17, 15) is 13.2 Å². The fourth-order valence-corrected chi connectivity index (χ4v) is 4.97. The van der Waals surface area contributed by atoms with Crippen molar-refractivity contribution in [2.75, 3.05) is 26.2 Å². The van der Waals surface area contributed by atoms with Crippen LogP contribution in [0.5, 0.6) is 0 Å². The maximum absolute atomic E-state index is 12.7. The third kappa shape index (κ3) is 3.53. The lowest BCUT2D eigenvalue weighted by molar-refractivity contribution is -0.130. The van der Waals surface area contributed by atoms with E-state index >= 15 is 0 Å². The Morgan fingerprint density at radius 3 is 2.42 bits per heavy atom. The first-order valence-electron chi connectivity index (χ1n) is 8.99. The lowest BCUT2D eigenvalue weighted by Crippen LogP contribution is -2.37. The maximum Gasteiger partial charge on any atom is 0.285 e. The van der Waals surface area contributed by atoms with Crippen LogP contribution in [0.25, 0.3) is 4.91 Å². The highest BCUT2D eigenvalue weighted by molar-refractivity contribution is 8.00. The van der Waals surface area contributed by atoms with E-state index in [1.807, 2.05) is 54.8 Å². The molecular weight excluding hydrogens is 350 g/mol. The van der Waals surface area contributed by atoms with Crippen molar-refractivity contribution < 1.29 is 13.2 Å². The third-order valence-electron chi connectivity index (χ3n) is 4.90. The summed E-state index contributed by atoms with van der Waals surface area (Å²) in [6.07, 6.45) is 1.30. The second kappa shape index (κ2) is 7.23. The van der Waals surface area contributed by atoms with Crippen LogP contribution in [0.4, 0.5) is 0 Å². The van der Waals surface area contributed by atoms with Gasteiger partial charge in [-0.2, -0.15) is 8.42 Å². The minimum absolute atomic E-state index is 0.139. The highest BCUT2D eigenvalue weighted by atomic mass is 32.2. The number of hydrogen-bond acceptors (Lipinski definition) is 4. The molecule has 0 N–H and O–H groups in total. The van der Waals surface area contributed by atoms with Gasteiger partial charge in [0.15, 0.2) is 0 Å². The van der Waals surface area contributed by atoms with Gasteiger partial charge in [0.05, 0.1) is 0 Å². The zero-order valence-corrected chi connectivity index (χ0v) is 16.3. The van der Waals surface area contributed by atoms with Gasteiger partial charge in [-0.05, 0) is 25.8 Å². The Morgan fingerprint density at radius 1 is 1.08 bits per heavy atom. The summed E-state index contributed by atoms with van der Waals surface area (Å²) in [5.74, 6) is 0.659. The average molecular weight is 375 g/mol. The van der Waals surface area contributed by atoms with Crippen LogP contribution in [0.1, 0.15) is 37.8 Å². The van der Waals surface area contributed by atoms with E-state index in [4.69, 9.17) is 0 Å². The lowest BCUT2D eigenvalue weighted by Gasteiger charge is -2.23. The van der Waals surface area contributed by atoms with Crippen molar-refractivity contribution in [2.45, 2.75) is 33.6 Å². The van der Waals surface area contributed by atoms with Gasteiger partial charge < -0.3 is 9.80 Å². The summed E-state index contributed by atoms with van der Waals surface area (Å²) in [6, 6.07) is 7.47. The second-order valence-corrected chi connectivity index (χ2v) is 8.33. The van der Waals surface area contributed by atoms with Crippen molar-refractivity contribution in [2.24, 2.45) is 4.40 Å². The SMILES string of the molecule is CCC(=O)N1CCCN(C2=NS(=O)(=O)C(c3ccc(C)cc3)=C2C)CC1. The number of carbonyl (C=O) groups is 1. The molecule has 1 fully saturated rings. The number of rotatable bonds is 2. The first-order chi connectivity index (χ1) is 12.3. The number of benzene rings is 1. The van der Waals surface area contributed by atoms with Gasteiger partial charge in [-0.25, -0.2) is 0 Å². The Morgan fingerprint density at radius 2 is 1.77 bits per heavy atom. The van der Waals surface area contributed by atoms with Crippen LogP contribution in [0.15, 0.2) is 34.2 Å². The molecule has 6 nitrogen and oxygen atoms in total. The minimum Gasteiger partial charge on any atom is -0.354 e. The van der Waals surface area contributed by atoms with Gasteiger partial charge in [-0.15, -0.1) is 4.40 Å². The summed E-state index contributed by atoms with van der Waals surface area (Å²) in [7, 11) is -3.70. The van der Waals surface area contributed by atoms with Gasteiger partial charge in [0.25, 0.3) is 10.0 Å². The Bertz CT molecular complexity index is 870. The minimum atomic E-state index is -3.70. The molecule has 26 heavy (non-hydrogen) atoms. The van der Waals surface area contributed by atoms with Gasteiger partial charge in [0.1, 0.15) is 10.7 Å². The highest BCUT2D eigenvalue weighted by Crippen LogP contribution is 2.33. The smallest absolute Gasteiger partial charge is 0.285 e. The average Bonchev–Trinajstić information content (AvgIpc) is 2.78. The number of aryl methyl sites for hydroxylation is 1. The van der Waals surface area contributed by atoms with Crippen LogP contribution in [-0.4, -0.2) is 56.1 Å². The van der Waals surface area contributed by atoms with E-state index in [0.29, 0.717) is 54.5 Å². The Balaban J connectivity index is 1.89. The largest absolute Gasteiger partial charge is 0.354 e. The lowest BCUT2D eigenvalue weighted by atomic mass is 10.1. The summed E-state index contributed by atoms with van der Waals surface area (Å²) in [5, 5.41) is 0. The molecule has 0 spiro atoms. The number of amidine groups is 1. The van der Waals surface area contributed by atoms with Crippen molar-refractivity contribution in [3.63, 3.8) is 0 Å². The molecule has 140 valence electrons. The predicted molar refractivity (Wildman–Crippen MR) is 103 cm³/mol. The van der Waals surface area contributed by atoms with Gasteiger partial charge in [-0.1, -0.05) is 36.8 Å². The molecule has 1 aromatic rings. The number of hydrogen-bond donors (Lipinski definition) is 0. The molecule has 0 radical (unpaired) electrons. The van der Waals surface area contributed by atoms with Crippen LogP contribution >= 0.6 is 0 Å². The van der Waals surface area contributed by atoms with Gasteiger partial charge in [-0.3, -0.25) is 4.79 Å². The van der Waals surface area contributed by atoms with E-state index in [1.54, 1.807) is 0 Å². The number of amides is 1. The zero-order valence-electron chi connectivity index (χ0n) is 15.5. The quantitative estimate of drug-likeness (QED) is 0.796. The molecule has 0 atom stereocenters. The Kier molecular flexibility index (Phi) is 5.18. The van der Waals surface area contributed by atoms with Crippen LogP contribution in [0.2, 0.25) is 0 Å². The van der Waals surface area contributed by atoms with E-state index in [1.165, 1.54) is 0 Å². The van der Waals surface area contributed by atoms with Crippen molar-refractivity contribution >= 4 is 26.7 Å². The van der Waals surface area contributed by atoms with Crippen LogP contribution in [0, 0.1) is 6.92 Å². The summed E-state index contributed by atoms with van der Waals surface area (Å²) in [5.41, 5.74) is 2.44. The van der Waals surface area contributed by atoms with Crippen LogP contribution in [0.3, 0.4) is 0 Å². The van der Waals surface area contributed by atoms with Crippen molar-refractivity contribution in [1.82, 2.24) is 9.80 Å². The molecule has 0 bridgehead atoms. The fraction of sp³-hybridized carbons (Fsp3) is 0.474. The van der Waals surface area contributed by atoms with Crippen LogP contribution < -0.4 is 0 Å². The fourth-order valence-electron chi connectivity index (χ4n) is 3.49.